The molecule has 0 amide bonds. The number of hydrogen-bond acceptors (Lipinski definition) is 0. The zero-order valence-electron chi connectivity index (χ0n) is 20.6. The van der Waals surface area contributed by atoms with Crippen molar-refractivity contribution >= 4 is 0 Å². The SMILES string of the molecule is CCC1CC[C@@]2(C)C(CC=C3[C@@H]4CC[C@H]([C@H](C)CCCC(C)C)[C@@]4(C)CC[C@@H]32)C1. The molecule has 4 aliphatic rings. The van der Waals surface area contributed by atoms with E-state index >= 15 is 0 Å². The maximum atomic E-state index is 2.81. The van der Waals surface area contributed by atoms with E-state index in [9.17, 15) is 0 Å². The normalized spacial score (nSPS) is 45.3. The molecule has 166 valence electrons. The van der Waals surface area contributed by atoms with Gasteiger partial charge in [0.1, 0.15) is 0 Å². The third-order valence-corrected chi connectivity index (χ3v) is 11.0. The van der Waals surface area contributed by atoms with E-state index in [-0.39, 0.29) is 0 Å². The lowest BCUT2D eigenvalue weighted by atomic mass is 9.47. The van der Waals surface area contributed by atoms with Crippen LogP contribution in [0.1, 0.15) is 119 Å². The molecule has 29 heavy (non-hydrogen) atoms. The van der Waals surface area contributed by atoms with Gasteiger partial charge < -0.3 is 0 Å². The van der Waals surface area contributed by atoms with Crippen molar-refractivity contribution in [2.75, 3.05) is 0 Å². The molecule has 0 N–H and O–H groups in total. The van der Waals surface area contributed by atoms with Crippen molar-refractivity contribution in [3.05, 3.63) is 11.6 Å². The average Bonchev–Trinajstić information content (AvgIpc) is 3.04. The minimum atomic E-state index is 0.601. The molecule has 0 radical (unpaired) electrons. The highest BCUT2D eigenvalue weighted by molar-refractivity contribution is 5.27. The Labute approximate surface area is 182 Å². The van der Waals surface area contributed by atoms with Crippen LogP contribution in [-0.4, -0.2) is 0 Å². The van der Waals surface area contributed by atoms with Crippen LogP contribution in [0.15, 0.2) is 11.6 Å². The van der Waals surface area contributed by atoms with E-state index in [1.807, 2.05) is 5.57 Å². The summed E-state index contributed by atoms with van der Waals surface area (Å²) in [4.78, 5) is 0. The third kappa shape index (κ3) is 3.78. The van der Waals surface area contributed by atoms with Crippen molar-refractivity contribution in [3.63, 3.8) is 0 Å². The summed E-state index contributed by atoms with van der Waals surface area (Å²) in [5.41, 5.74) is 3.19. The quantitative estimate of drug-likeness (QED) is 0.391. The number of allylic oxidation sites excluding steroid dienone is 2. The van der Waals surface area contributed by atoms with E-state index in [1.165, 1.54) is 77.0 Å². The second-order valence-corrected chi connectivity index (χ2v) is 12.8. The molecule has 0 heteroatoms. The molecule has 0 bridgehead atoms. The minimum absolute atomic E-state index is 0.601. The van der Waals surface area contributed by atoms with Gasteiger partial charge in [-0.1, -0.05) is 78.9 Å². The first-order valence-electron chi connectivity index (χ1n) is 13.5. The lowest BCUT2D eigenvalue weighted by molar-refractivity contribution is -0.0212. The van der Waals surface area contributed by atoms with E-state index in [0.717, 1.165) is 41.4 Å². The van der Waals surface area contributed by atoms with E-state index < -0.39 is 0 Å². The van der Waals surface area contributed by atoms with Crippen molar-refractivity contribution in [2.45, 2.75) is 119 Å². The van der Waals surface area contributed by atoms with Crippen molar-refractivity contribution in [2.24, 2.45) is 52.3 Å². The minimum Gasteiger partial charge on any atom is -0.0844 e. The maximum Gasteiger partial charge on any atom is -0.0143 e. The molecule has 4 rings (SSSR count). The van der Waals surface area contributed by atoms with Gasteiger partial charge in [-0.2, -0.15) is 0 Å². The molecule has 0 heterocycles. The van der Waals surface area contributed by atoms with Gasteiger partial charge in [0.15, 0.2) is 0 Å². The molecule has 2 unspecified atom stereocenters. The zero-order chi connectivity index (χ0) is 20.8. The fourth-order valence-corrected chi connectivity index (χ4v) is 9.00. The number of fused-ring (bicyclic) bond motifs is 5. The van der Waals surface area contributed by atoms with Crippen LogP contribution in [0, 0.1) is 52.3 Å². The highest BCUT2D eigenvalue weighted by atomic mass is 14.6. The Balaban J connectivity index is 1.49. The fraction of sp³-hybridized carbons (Fsp3) is 0.931. The molecule has 0 aromatic heterocycles. The molecular weight excluding hydrogens is 348 g/mol. The first-order valence-corrected chi connectivity index (χ1v) is 13.5. The Morgan fingerprint density at radius 3 is 2.38 bits per heavy atom. The maximum absolute atomic E-state index is 2.81. The van der Waals surface area contributed by atoms with Gasteiger partial charge in [-0.05, 0) is 104 Å². The zero-order valence-corrected chi connectivity index (χ0v) is 20.6. The van der Waals surface area contributed by atoms with Crippen LogP contribution < -0.4 is 0 Å². The summed E-state index contributed by atoms with van der Waals surface area (Å²) in [6.45, 7) is 15.2. The smallest absolute Gasteiger partial charge is 0.0143 e. The molecule has 3 fully saturated rings. The predicted molar refractivity (Wildman–Crippen MR) is 127 cm³/mol. The average molecular weight is 399 g/mol. The van der Waals surface area contributed by atoms with Gasteiger partial charge in [0.2, 0.25) is 0 Å². The predicted octanol–water partition coefficient (Wildman–Crippen LogP) is 9.05. The van der Waals surface area contributed by atoms with E-state index in [4.69, 9.17) is 0 Å². The van der Waals surface area contributed by atoms with Gasteiger partial charge in [0.05, 0.1) is 0 Å². The van der Waals surface area contributed by atoms with Crippen molar-refractivity contribution < 1.29 is 0 Å². The molecule has 4 aliphatic carbocycles. The van der Waals surface area contributed by atoms with Crippen LogP contribution in [0.4, 0.5) is 0 Å². The summed E-state index contributed by atoms with van der Waals surface area (Å²) >= 11 is 0. The highest BCUT2D eigenvalue weighted by Crippen LogP contribution is 2.67. The first kappa shape index (κ1) is 22.0. The van der Waals surface area contributed by atoms with E-state index in [1.54, 1.807) is 0 Å². The Kier molecular flexibility index (Phi) is 6.32. The monoisotopic (exact) mass is 398 g/mol. The van der Waals surface area contributed by atoms with Crippen molar-refractivity contribution in [3.8, 4) is 0 Å². The summed E-state index contributed by atoms with van der Waals surface area (Å²) in [5.74, 6) is 6.60. The molecule has 0 nitrogen and oxygen atoms in total. The molecule has 3 saturated carbocycles. The number of hydrogen-bond donors (Lipinski definition) is 0. The fourth-order valence-electron chi connectivity index (χ4n) is 9.00. The summed E-state index contributed by atoms with van der Waals surface area (Å²) in [6.07, 6.45) is 20.5. The Bertz CT molecular complexity index is 599. The van der Waals surface area contributed by atoms with Crippen LogP contribution in [0.5, 0.6) is 0 Å². The van der Waals surface area contributed by atoms with Crippen LogP contribution in [0.3, 0.4) is 0 Å². The summed E-state index contributed by atoms with van der Waals surface area (Å²) in [6, 6.07) is 0. The Morgan fingerprint density at radius 2 is 1.66 bits per heavy atom. The Morgan fingerprint density at radius 1 is 0.931 bits per heavy atom. The first-order chi connectivity index (χ1) is 13.8. The summed E-state index contributed by atoms with van der Waals surface area (Å²) in [5, 5.41) is 0. The van der Waals surface area contributed by atoms with Gasteiger partial charge >= 0.3 is 0 Å². The van der Waals surface area contributed by atoms with Gasteiger partial charge in [-0.15, -0.1) is 0 Å². The molecule has 0 aliphatic heterocycles. The molecule has 0 aromatic rings. The summed E-state index contributed by atoms with van der Waals surface area (Å²) < 4.78 is 0. The molecule has 0 spiro atoms. The molecule has 8 atom stereocenters. The van der Waals surface area contributed by atoms with Crippen molar-refractivity contribution in [1.29, 1.82) is 0 Å². The van der Waals surface area contributed by atoms with Crippen LogP contribution >= 0.6 is 0 Å². The van der Waals surface area contributed by atoms with Crippen LogP contribution in [0.25, 0.3) is 0 Å². The molecule has 0 aromatic carbocycles. The second-order valence-electron chi connectivity index (χ2n) is 12.8. The van der Waals surface area contributed by atoms with Crippen LogP contribution in [-0.2, 0) is 0 Å². The van der Waals surface area contributed by atoms with Gasteiger partial charge in [0, 0.05) is 0 Å². The molecule has 0 saturated heterocycles. The van der Waals surface area contributed by atoms with E-state index in [0.29, 0.717) is 10.8 Å². The van der Waals surface area contributed by atoms with Gasteiger partial charge in [0.25, 0.3) is 0 Å². The standard InChI is InChI=1S/C29H50/c1-7-22-15-17-28(5)23(19-22)11-12-24-26-14-13-25(21(4)10-8-9-20(2)3)29(26,6)18-16-27(24)28/h12,20-23,25-27H,7-11,13-19H2,1-6H3/t21-,22?,23?,25-,26+,27+,28+,29-/m1/s1. The lowest BCUT2D eigenvalue weighted by Gasteiger charge is -2.58. The highest BCUT2D eigenvalue weighted by Gasteiger charge is 2.57. The second kappa shape index (κ2) is 8.35. The third-order valence-electron chi connectivity index (χ3n) is 11.0. The summed E-state index contributed by atoms with van der Waals surface area (Å²) in [7, 11) is 0. The lowest BCUT2D eigenvalue weighted by Crippen LogP contribution is -2.49. The topological polar surface area (TPSA) is 0 Å². The van der Waals surface area contributed by atoms with Crippen molar-refractivity contribution in [1.82, 2.24) is 0 Å². The van der Waals surface area contributed by atoms with Gasteiger partial charge in [-0.25, -0.2) is 0 Å². The van der Waals surface area contributed by atoms with E-state index in [2.05, 4.69) is 47.6 Å². The molecular formula is C29H50. The van der Waals surface area contributed by atoms with Gasteiger partial charge in [-0.3, -0.25) is 0 Å². The largest absolute Gasteiger partial charge is 0.0844 e. The number of rotatable bonds is 6. The van der Waals surface area contributed by atoms with Crippen LogP contribution in [0.2, 0.25) is 0 Å². The Hall–Kier alpha value is -0.260.